The van der Waals surface area contributed by atoms with Crippen molar-refractivity contribution >= 4 is 0 Å². The summed E-state index contributed by atoms with van der Waals surface area (Å²) in [5, 5.41) is 0. The molecule has 1 aliphatic rings. The first-order chi connectivity index (χ1) is 8.23. The summed E-state index contributed by atoms with van der Waals surface area (Å²) in [7, 11) is 1.76. The maximum atomic E-state index is 6.11. The molecule has 0 aliphatic heterocycles. The maximum absolute atomic E-state index is 6.11. The van der Waals surface area contributed by atoms with Crippen molar-refractivity contribution in [2.24, 2.45) is 5.73 Å². The minimum Gasteiger partial charge on any atom is -0.496 e. The summed E-state index contributed by atoms with van der Waals surface area (Å²) in [5.41, 5.74) is 8.92. The highest BCUT2D eigenvalue weighted by Gasteiger charge is 2.35. The predicted molar refractivity (Wildman–Crippen MR) is 71.5 cm³/mol. The molecular formula is C15H23NO. The third-order valence-corrected chi connectivity index (χ3v) is 4.19. The summed E-state index contributed by atoms with van der Waals surface area (Å²) in [5.74, 6) is 1.01. The molecule has 94 valence electrons. The van der Waals surface area contributed by atoms with Crippen LogP contribution in [0.1, 0.15) is 43.2 Å². The first-order valence-corrected chi connectivity index (χ1v) is 6.58. The molecule has 1 fully saturated rings. The highest BCUT2D eigenvalue weighted by Crippen LogP contribution is 2.43. The summed E-state index contributed by atoms with van der Waals surface area (Å²) in [6.07, 6.45) is 6.31. The Labute approximate surface area is 104 Å². The van der Waals surface area contributed by atoms with E-state index in [1.54, 1.807) is 7.11 Å². The molecule has 1 aromatic carbocycles. The molecule has 0 heterocycles. The first kappa shape index (κ1) is 12.4. The lowest BCUT2D eigenvalue weighted by Crippen LogP contribution is -2.38. The van der Waals surface area contributed by atoms with Crippen molar-refractivity contribution in [2.75, 3.05) is 13.7 Å². The standard InChI is InChI=1S/C15H23NO/c1-12-7-6-8-13(17-2)14(12)15(11-16)9-4-3-5-10-15/h6-8H,3-5,9-11,16H2,1-2H3. The van der Waals surface area contributed by atoms with Gasteiger partial charge in [-0.05, 0) is 31.4 Å². The molecule has 1 saturated carbocycles. The molecule has 0 atom stereocenters. The molecule has 0 radical (unpaired) electrons. The lowest BCUT2D eigenvalue weighted by atomic mass is 9.68. The van der Waals surface area contributed by atoms with E-state index in [1.165, 1.54) is 43.2 Å². The molecule has 0 saturated heterocycles. The van der Waals surface area contributed by atoms with E-state index in [0.29, 0.717) is 0 Å². The van der Waals surface area contributed by atoms with E-state index in [2.05, 4.69) is 25.1 Å². The second kappa shape index (κ2) is 5.09. The quantitative estimate of drug-likeness (QED) is 0.870. The number of benzene rings is 1. The summed E-state index contributed by atoms with van der Waals surface area (Å²) in [6.45, 7) is 2.90. The third-order valence-electron chi connectivity index (χ3n) is 4.19. The third kappa shape index (κ3) is 2.19. The van der Waals surface area contributed by atoms with Gasteiger partial charge < -0.3 is 10.5 Å². The van der Waals surface area contributed by atoms with Crippen LogP contribution >= 0.6 is 0 Å². The Morgan fingerprint density at radius 2 is 1.94 bits per heavy atom. The van der Waals surface area contributed by atoms with Crippen molar-refractivity contribution in [2.45, 2.75) is 44.4 Å². The van der Waals surface area contributed by atoms with Crippen LogP contribution in [0.2, 0.25) is 0 Å². The molecule has 1 aromatic rings. The molecule has 0 aromatic heterocycles. The summed E-state index contributed by atoms with van der Waals surface area (Å²) in [6, 6.07) is 6.29. The molecule has 2 nitrogen and oxygen atoms in total. The summed E-state index contributed by atoms with van der Waals surface area (Å²) < 4.78 is 5.55. The monoisotopic (exact) mass is 233 g/mol. The minimum absolute atomic E-state index is 0.148. The number of ether oxygens (including phenoxy) is 1. The van der Waals surface area contributed by atoms with Gasteiger partial charge in [-0.1, -0.05) is 31.4 Å². The second-order valence-electron chi connectivity index (χ2n) is 5.20. The van der Waals surface area contributed by atoms with Crippen LogP contribution in [0.25, 0.3) is 0 Å². The van der Waals surface area contributed by atoms with E-state index in [9.17, 15) is 0 Å². The number of hydrogen-bond acceptors (Lipinski definition) is 2. The van der Waals surface area contributed by atoms with Crippen molar-refractivity contribution in [3.63, 3.8) is 0 Å². The molecule has 0 amide bonds. The van der Waals surface area contributed by atoms with Gasteiger partial charge in [0.15, 0.2) is 0 Å². The fourth-order valence-corrected chi connectivity index (χ4v) is 3.28. The summed E-state index contributed by atoms with van der Waals surface area (Å²) >= 11 is 0. The lowest BCUT2D eigenvalue weighted by molar-refractivity contribution is 0.286. The van der Waals surface area contributed by atoms with Crippen LogP contribution < -0.4 is 10.5 Å². The van der Waals surface area contributed by atoms with Crippen molar-refractivity contribution in [1.82, 2.24) is 0 Å². The highest BCUT2D eigenvalue weighted by atomic mass is 16.5. The fraction of sp³-hybridized carbons (Fsp3) is 0.600. The van der Waals surface area contributed by atoms with E-state index >= 15 is 0 Å². The summed E-state index contributed by atoms with van der Waals surface area (Å²) in [4.78, 5) is 0. The van der Waals surface area contributed by atoms with Crippen LogP contribution in [-0.4, -0.2) is 13.7 Å². The van der Waals surface area contributed by atoms with E-state index < -0.39 is 0 Å². The van der Waals surface area contributed by atoms with Gasteiger partial charge in [0.2, 0.25) is 0 Å². The van der Waals surface area contributed by atoms with Crippen LogP contribution in [0.15, 0.2) is 18.2 Å². The molecule has 2 heteroatoms. The molecule has 0 bridgehead atoms. The van der Waals surface area contributed by atoms with Crippen molar-refractivity contribution in [1.29, 1.82) is 0 Å². The van der Waals surface area contributed by atoms with Crippen molar-refractivity contribution < 1.29 is 4.74 Å². The van der Waals surface area contributed by atoms with E-state index in [0.717, 1.165) is 12.3 Å². The Morgan fingerprint density at radius 3 is 2.53 bits per heavy atom. The zero-order chi connectivity index (χ0) is 12.3. The number of aryl methyl sites for hydroxylation is 1. The average Bonchev–Trinajstić information content (AvgIpc) is 2.39. The number of hydrogen-bond donors (Lipinski definition) is 1. The number of nitrogens with two attached hydrogens (primary N) is 1. The molecule has 2 rings (SSSR count). The maximum Gasteiger partial charge on any atom is 0.122 e. The van der Waals surface area contributed by atoms with Gasteiger partial charge in [0.1, 0.15) is 5.75 Å². The highest BCUT2D eigenvalue weighted by molar-refractivity contribution is 5.46. The van der Waals surface area contributed by atoms with Crippen LogP contribution in [0.3, 0.4) is 0 Å². The van der Waals surface area contributed by atoms with Gasteiger partial charge in [-0.3, -0.25) is 0 Å². The Kier molecular flexibility index (Phi) is 3.72. The topological polar surface area (TPSA) is 35.2 Å². The second-order valence-corrected chi connectivity index (χ2v) is 5.20. The number of methoxy groups -OCH3 is 1. The minimum atomic E-state index is 0.148. The Hall–Kier alpha value is -1.02. The Balaban J connectivity index is 2.49. The van der Waals surface area contributed by atoms with E-state index in [4.69, 9.17) is 10.5 Å². The van der Waals surface area contributed by atoms with Gasteiger partial charge in [0.25, 0.3) is 0 Å². The molecule has 1 aliphatic carbocycles. The van der Waals surface area contributed by atoms with Gasteiger partial charge in [-0.15, -0.1) is 0 Å². The Morgan fingerprint density at radius 1 is 1.24 bits per heavy atom. The number of rotatable bonds is 3. The zero-order valence-corrected chi connectivity index (χ0v) is 11.0. The average molecular weight is 233 g/mol. The van der Waals surface area contributed by atoms with Gasteiger partial charge in [-0.2, -0.15) is 0 Å². The normalized spacial score (nSPS) is 19.0. The van der Waals surface area contributed by atoms with Crippen LogP contribution in [0.5, 0.6) is 5.75 Å². The van der Waals surface area contributed by atoms with Gasteiger partial charge >= 0.3 is 0 Å². The van der Waals surface area contributed by atoms with Crippen LogP contribution in [0.4, 0.5) is 0 Å². The van der Waals surface area contributed by atoms with E-state index in [1.807, 2.05) is 0 Å². The van der Waals surface area contributed by atoms with Gasteiger partial charge in [0.05, 0.1) is 7.11 Å². The molecule has 2 N–H and O–H groups in total. The first-order valence-electron chi connectivity index (χ1n) is 6.58. The van der Waals surface area contributed by atoms with Crippen LogP contribution in [0, 0.1) is 6.92 Å². The van der Waals surface area contributed by atoms with Crippen molar-refractivity contribution in [3.05, 3.63) is 29.3 Å². The van der Waals surface area contributed by atoms with Gasteiger partial charge in [-0.25, -0.2) is 0 Å². The molecular weight excluding hydrogens is 210 g/mol. The zero-order valence-electron chi connectivity index (χ0n) is 11.0. The largest absolute Gasteiger partial charge is 0.496 e. The fourth-order valence-electron chi connectivity index (χ4n) is 3.28. The Bertz CT molecular complexity index is 381. The van der Waals surface area contributed by atoms with Crippen LogP contribution in [-0.2, 0) is 5.41 Å². The molecule has 0 unspecified atom stereocenters. The smallest absolute Gasteiger partial charge is 0.122 e. The predicted octanol–water partition coefficient (Wildman–Crippen LogP) is 3.16. The SMILES string of the molecule is COc1cccc(C)c1C1(CN)CCCCC1. The van der Waals surface area contributed by atoms with E-state index in [-0.39, 0.29) is 5.41 Å². The molecule has 17 heavy (non-hydrogen) atoms. The van der Waals surface area contributed by atoms with Crippen molar-refractivity contribution in [3.8, 4) is 5.75 Å². The van der Waals surface area contributed by atoms with Gasteiger partial charge in [0, 0.05) is 17.5 Å². The molecule has 0 spiro atoms. The lowest BCUT2D eigenvalue weighted by Gasteiger charge is -2.38.